The van der Waals surface area contributed by atoms with E-state index in [1.807, 2.05) is 35.7 Å². The first-order chi connectivity index (χ1) is 8.33. The van der Waals surface area contributed by atoms with Crippen molar-refractivity contribution < 1.29 is 4.42 Å². The molecule has 0 aliphatic carbocycles. The van der Waals surface area contributed by atoms with Gasteiger partial charge in [-0.25, -0.2) is 4.98 Å². The van der Waals surface area contributed by atoms with Crippen molar-refractivity contribution in [2.45, 2.75) is 0 Å². The number of nitrogen functional groups attached to an aromatic ring is 1. The first-order valence-corrected chi connectivity index (χ1v) is 6.05. The van der Waals surface area contributed by atoms with Gasteiger partial charge in [0.25, 0.3) is 0 Å². The predicted octanol–water partition coefficient (Wildman–Crippen LogP) is 3.65. The summed E-state index contributed by atoms with van der Waals surface area (Å²) >= 11 is 1.60. The highest BCUT2D eigenvalue weighted by Gasteiger charge is 2.07. The molecule has 2 N–H and O–H groups in total. The number of nitrogens with zero attached hydrogens (tertiary/aromatic N) is 1. The molecule has 84 valence electrons. The minimum atomic E-state index is 0.752. The molecule has 0 spiro atoms. The topological polar surface area (TPSA) is 52.0 Å². The highest BCUT2D eigenvalue weighted by molar-refractivity contribution is 7.13. The lowest BCUT2D eigenvalue weighted by molar-refractivity contribution is 0.568. The lowest BCUT2D eigenvalue weighted by Crippen LogP contribution is -1.84. The first kappa shape index (κ1) is 10.1. The number of rotatable bonds is 2. The fraction of sp³-hybridized carbons (Fsp3) is 0. The third kappa shape index (κ3) is 1.94. The van der Waals surface area contributed by atoms with Crippen LogP contribution in [-0.4, -0.2) is 4.98 Å². The van der Waals surface area contributed by atoms with Crippen LogP contribution < -0.4 is 5.73 Å². The molecule has 0 saturated heterocycles. The van der Waals surface area contributed by atoms with Crippen LogP contribution in [0.3, 0.4) is 0 Å². The van der Waals surface area contributed by atoms with Crippen LogP contribution in [0.1, 0.15) is 0 Å². The molecule has 0 unspecified atom stereocenters. The van der Waals surface area contributed by atoms with E-state index in [-0.39, 0.29) is 0 Å². The van der Waals surface area contributed by atoms with Crippen molar-refractivity contribution >= 4 is 17.0 Å². The number of furan rings is 1. The van der Waals surface area contributed by atoms with Gasteiger partial charge in [-0.15, -0.1) is 11.3 Å². The van der Waals surface area contributed by atoms with Gasteiger partial charge in [0.2, 0.25) is 0 Å². The number of anilines is 1. The first-order valence-electron chi connectivity index (χ1n) is 5.17. The van der Waals surface area contributed by atoms with E-state index in [0.717, 1.165) is 27.5 Å². The van der Waals surface area contributed by atoms with E-state index >= 15 is 0 Å². The molecule has 0 radical (unpaired) electrons. The summed E-state index contributed by atoms with van der Waals surface area (Å²) in [5, 5.41) is 2.98. The Morgan fingerprint density at radius 1 is 1.18 bits per heavy atom. The summed E-state index contributed by atoms with van der Waals surface area (Å²) in [7, 11) is 0. The van der Waals surface area contributed by atoms with Gasteiger partial charge in [-0.05, 0) is 18.2 Å². The Labute approximate surface area is 103 Å². The van der Waals surface area contributed by atoms with Gasteiger partial charge in [0, 0.05) is 22.2 Å². The zero-order chi connectivity index (χ0) is 11.7. The normalized spacial score (nSPS) is 10.6. The van der Waals surface area contributed by atoms with Gasteiger partial charge in [0.1, 0.15) is 5.01 Å². The molecule has 0 atom stereocenters. The van der Waals surface area contributed by atoms with E-state index in [1.165, 1.54) is 0 Å². The molecule has 3 aromatic rings. The second kappa shape index (κ2) is 4.07. The lowest BCUT2D eigenvalue weighted by Gasteiger charge is -1.97. The van der Waals surface area contributed by atoms with Crippen LogP contribution in [0, 0.1) is 0 Å². The van der Waals surface area contributed by atoms with E-state index in [9.17, 15) is 0 Å². The maximum Gasteiger partial charge on any atom is 0.124 e. The monoisotopic (exact) mass is 242 g/mol. The maximum atomic E-state index is 5.76. The molecule has 0 aliphatic rings. The molecule has 0 amide bonds. The molecule has 2 heterocycles. The van der Waals surface area contributed by atoms with Crippen LogP contribution in [0.2, 0.25) is 0 Å². The summed E-state index contributed by atoms with van der Waals surface area (Å²) in [6.07, 6.45) is 3.34. The van der Waals surface area contributed by atoms with Gasteiger partial charge in [-0.3, -0.25) is 0 Å². The zero-order valence-corrected chi connectivity index (χ0v) is 9.78. The van der Waals surface area contributed by atoms with Crippen LogP contribution in [0.25, 0.3) is 21.8 Å². The molecule has 0 aliphatic heterocycles. The zero-order valence-electron chi connectivity index (χ0n) is 8.96. The Bertz CT molecular complexity index is 628. The summed E-state index contributed by atoms with van der Waals surface area (Å²) in [5.41, 5.74) is 9.49. The van der Waals surface area contributed by atoms with Crippen molar-refractivity contribution in [3.8, 4) is 21.8 Å². The Hall–Kier alpha value is -2.07. The number of hydrogen-bond donors (Lipinski definition) is 1. The molecular formula is C13H10N2OS. The number of thiazole rings is 1. The third-order valence-electron chi connectivity index (χ3n) is 2.45. The van der Waals surface area contributed by atoms with E-state index < -0.39 is 0 Å². The lowest BCUT2D eigenvalue weighted by atomic mass is 10.2. The molecule has 3 rings (SSSR count). The average molecular weight is 242 g/mol. The summed E-state index contributed by atoms with van der Waals surface area (Å²) in [5.74, 6) is 0. The van der Waals surface area contributed by atoms with Crippen LogP contribution in [0.5, 0.6) is 0 Å². The Morgan fingerprint density at radius 3 is 2.88 bits per heavy atom. The third-order valence-corrected chi connectivity index (χ3v) is 3.35. The summed E-state index contributed by atoms with van der Waals surface area (Å²) in [4.78, 5) is 4.57. The Morgan fingerprint density at radius 2 is 2.12 bits per heavy atom. The molecular weight excluding hydrogens is 232 g/mol. The van der Waals surface area contributed by atoms with Gasteiger partial charge < -0.3 is 10.2 Å². The molecule has 3 nitrogen and oxygen atoms in total. The molecule has 4 heteroatoms. The van der Waals surface area contributed by atoms with Crippen molar-refractivity contribution in [1.82, 2.24) is 4.98 Å². The summed E-state index contributed by atoms with van der Waals surface area (Å²) in [6.45, 7) is 0. The van der Waals surface area contributed by atoms with E-state index in [1.54, 1.807) is 23.9 Å². The van der Waals surface area contributed by atoms with Gasteiger partial charge >= 0.3 is 0 Å². The second-order valence-corrected chi connectivity index (χ2v) is 4.53. The number of nitrogens with two attached hydrogens (primary N) is 1. The molecule has 2 aromatic heterocycles. The van der Waals surface area contributed by atoms with Crippen LogP contribution in [-0.2, 0) is 0 Å². The Balaban J connectivity index is 2.01. The fourth-order valence-electron chi connectivity index (χ4n) is 1.62. The molecule has 0 fully saturated rings. The molecule has 0 bridgehead atoms. The molecule has 17 heavy (non-hydrogen) atoms. The van der Waals surface area contributed by atoms with E-state index in [0.29, 0.717) is 0 Å². The predicted molar refractivity (Wildman–Crippen MR) is 69.7 cm³/mol. The van der Waals surface area contributed by atoms with Gasteiger partial charge in [0.15, 0.2) is 0 Å². The molecule has 1 aromatic carbocycles. The van der Waals surface area contributed by atoms with Gasteiger partial charge in [-0.1, -0.05) is 12.1 Å². The SMILES string of the molecule is Nc1cccc(-c2nc(-c3ccoc3)cs2)c1. The van der Waals surface area contributed by atoms with E-state index in [2.05, 4.69) is 4.98 Å². The largest absolute Gasteiger partial charge is 0.472 e. The fourth-order valence-corrected chi connectivity index (χ4v) is 2.45. The van der Waals surface area contributed by atoms with Crippen LogP contribution in [0.4, 0.5) is 5.69 Å². The van der Waals surface area contributed by atoms with Crippen LogP contribution >= 0.6 is 11.3 Å². The smallest absolute Gasteiger partial charge is 0.124 e. The average Bonchev–Trinajstić information content (AvgIpc) is 3.00. The molecule has 0 saturated carbocycles. The van der Waals surface area contributed by atoms with Crippen molar-refractivity contribution in [2.75, 3.05) is 5.73 Å². The minimum absolute atomic E-state index is 0.752. The second-order valence-electron chi connectivity index (χ2n) is 3.68. The maximum absolute atomic E-state index is 5.76. The van der Waals surface area contributed by atoms with Crippen molar-refractivity contribution in [1.29, 1.82) is 0 Å². The highest BCUT2D eigenvalue weighted by atomic mass is 32.1. The standard InChI is InChI=1S/C13H10N2OS/c14-11-3-1-2-9(6-11)13-15-12(8-17-13)10-4-5-16-7-10/h1-8H,14H2. The summed E-state index contributed by atoms with van der Waals surface area (Å²) in [6, 6.07) is 9.64. The minimum Gasteiger partial charge on any atom is -0.472 e. The van der Waals surface area contributed by atoms with Crippen molar-refractivity contribution in [2.24, 2.45) is 0 Å². The van der Waals surface area contributed by atoms with Crippen molar-refractivity contribution in [3.63, 3.8) is 0 Å². The number of benzene rings is 1. The quantitative estimate of drug-likeness (QED) is 0.698. The van der Waals surface area contributed by atoms with Crippen LogP contribution in [0.15, 0.2) is 52.7 Å². The van der Waals surface area contributed by atoms with E-state index in [4.69, 9.17) is 10.2 Å². The van der Waals surface area contributed by atoms with Gasteiger partial charge in [-0.2, -0.15) is 0 Å². The summed E-state index contributed by atoms with van der Waals surface area (Å²) < 4.78 is 5.05. The highest BCUT2D eigenvalue weighted by Crippen LogP contribution is 2.29. The van der Waals surface area contributed by atoms with Gasteiger partial charge in [0.05, 0.1) is 18.2 Å². The van der Waals surface area contributed by atoms with Crippen molar-refractivity contribution in [3.05, 3.63) is 48.2 Å². The Kier molecular flexibility index (Phi) is 2.42. The number of hydrogen-bond acceptors (Lipinski definition) is 4. The number of aromatic nitrogens is 1.